The number of benzene rings is 1. The lowest BCUT2D eigenvalue weighted by Gasteiger charge is -2.07. The number of aryl methyl sites for hydroxylation is 1. The Balaban J connectivity index is 1.97. The Morgan fingerprint density at radius 1 is 1.23 bits per heavy atom. The molecule has 1 N–H and O–H groups in total. The summed E-state index contributed by atoms with van der Waals surface area (Å²) in [6, 6.07) is 8.87. The zero-order valence-corrected chi connectivity index (χ0v) is 12.3. The third-order valence-corrected chi connectivity index (χ3v) is 3.10. The number of pyridine rings is 1. The van der Waals surface area contributed by atoms with Crippen molar-refractivity contribution in [3.8, 4) is 34.5 Å². The molecule has 0 saturated carbocycles. The first-order valence-electron chi connectivity index (χ1n) is 6.91. The minimum absolute atomic E-state index is 0.0172. The minimum atomic E-state index is -0.0172. The average molecular weight is 297 g/mol. The van der Waals surface area contributed by atoms with E-state index < -0.39 is 0 Å². The maximum absolute atomic E-state index is 10.2. The Labute approximate surface area is 127 Å². The van der Waals surface area contributed by atoms with Crippen LogP contribution in [0.4, 0.5) is 0 Å². The Morgan fingerprint density at radius 3 is 2.82 bits per heavy atom. The highest BCUT2D eigenvalue weighted by atomic mass is 16.5. The molecule has 0 atom stereocenters. The molecule has 0 aliphatic rings. The van der Waals surface area contributed by atoms with Crippen LogP contribution in [0.15, 0.2) is 41.1 Å². The van der Waals surface area contributed by atoms with Crippen molar-refractivity contribution in [1.29, 1.82) is 0 Å². The number of hydrogen-bond donors (Lipinski definition) is 1. The normalized spacial score (nSPS) is 10.6. The van der Waals surface area contributed by atoms with Gasteiger partial charge in [-0.3, -0.25) is 4.98 Å². The minimum Gasteiger partial charge on any atom is -0.504 e. The summed E-state index contributed by atoms with van der Waals surface area (Å²) in [5.41, 5.74) is 2.09. The number of phenolic OH excluding ortho intramolecular Hbond substituents is 1. The van der Waals surface area contributed by atoms with E-state index in [2.05, 4.69) is 15.1 Å². The van der Waals surface area contributed by atoms with Gasteiger partial charge in [0.05, 0.1) is 12.2 Å². The van der Waals surface area contributed by atoms with E-state index >= 15 is 0 Å². The molecule has 0 fully saturated rings. The van der Waals surface area contributed by atoms with Gasteiger partial charge in [-0.05, 0) is 37.6 Å². The number of hydrogen-bond acceptors (Lipinski definition) is 6. The van der Waals surface area contributed by atoms with E-state index in [9.17, 15) is 5.11 Å². The number of nitrogens with zero attached hydrogens (tertiary/aromatic N) is 3. The van der Waals surface area contributed by atoms with Crippen LogP contribution in [0.5, 0.6) is 11.5 Å². The van der Waals surface area contributed by atoms with Crippen LogP contribution < -0.4 is 4.74 Å². The summed E-state index contributed by atoms with van der Waals surface area (Å²) in [5.74, 6) is 0.956. The number of rotatable bonds is 4. The van der Waals surface area contributed by atoms with Crippen LogP contribution in [0, 0.1) is 6.92 Å². The molecule has 0 amide bonds. The largest absolute Gasteiger partial charge is 0.504 e. The van der Waals surface area contributed by atoms with Crippen molar-refractivity contribution in [2.75, 3.05) is 6.61 Å². The van der Waals surface area contributed by atoms with Crippen molar-refractivity contribution in [3.63, 3.8) is 0 Å². The van der Waals surface area contributed by atoms with Crippen molar-refractivity contribution >= 4 is 0 Å². The number of para-hydroxylation sites is 1. The molecular formula is C16H15N3O3. The van der Waals surface area contributed by atoms with Gasteiger partial charge in [0.1, 0.15) is 5.69 Å². The van der Waals surface area contributed by atoms with Gasteiger partial charge in [-0.1, -0.05) is 17.3 Å². The first-order valence-corrected chi connectivity index (χ1v) is 6.91. The molecule has 6 nitrogen and oxygen atoms in total. The van der Waals surface area contributed by atoms with Crippen LogP contribution in [-0.4, -0.2) is 26.8 Å². The van der Waals surface area contributed by atoms with E-state index in [0.29, 0.717) is 29.4 Å². The standard InChI is InChI=1S/C16H15N3O3/c1-3-21-13-6-4-5-11(14(13)20)16-18-15(19-22-16)12-8-7-10(2)9-17-12/h4-9,20H,3H2,1-2H3. The molecule has 2 heterocycles. The predicted molar refractivity (Wildman–Crippen MR) is 80.5 cm³/mol. The summed E-state index contributed by atoms with van der Waals surface area (Å²) >= 11 is 0. The first-order chi connectivity index (χ1) is 10.7. The van der Waals surface area contributed by atoms with Crippen LogP contribution >= 0.6 is 0 Å². The molecule has 112 valence electrons. The third kappa shape index (κ3) is 2.63. The summed E-state index contributed by atoms with van der Waals surface area (Å²) < 4.78 is 10.6. The highest BCUT2D eigenvalue weighted by Gasteiger charge is 2.17. The summed E-state index contributed by atoms with van der Waals surface area (Å²) in [5, 5.41) is 14.1. The van der Waals surface area contributed by atoms with Gasteiger partial charge in [0.25, 0.3) is 5.89 Å². The van der Waals surface area contributed by atoms with E-state index in [0.717, 1.165) is 5.56 Å². The topological polar surface area (TPSA) is 81.3 Å². The van der Waals surface area contributed by atoms with E-state index in [-0.39, 0.29) is 11.6 Å². The Kier molecular flexibility index (Phi) is 3.74. The number of phenols is 1. The highest BCUT2D eigenvalue weighted by Crippen LogP contribution is 2.36. The van der Waals surface area contributed by atoms with Crippen LogP contribution in [0.3, 0.4) is 0 Å². The molecule has 0 spiro atoms. The Bertz CT molecular complexity index is 782. The number of ether oxygens (including phenoxy) is 1. The maximum Gasteiger partial charge on any atom is 0.262 e. The Hall–Kier alpha value is -2.89. The van der Waals surface area contributed by atoms with Gasteiger partial charge in [0.2, 0.25) is 5.82 Å². The van der Waals surface area contributed by atoms with Gasteiger partial charge in [-0.2, -0.15) is 4.98 Å². The molecule has 0 aliphatic heterocycles. The molecule has 1 aromatic carbocycles. The predicted octanol–water partition coefficient (Wildman–Crippen LogP) is 3.21. The lowest BCUT2D eigenvalue weighted by atomic mass is 10.2. The second kappa shape index (κ2) is 5.85. The second-order valence-corrected chi connectivity index (χ2v) is 4.73. The average Bonchev–Trinajstić information content (AvgIpc) is 3.00. The molecule has 0 aliphatic carbocycles. The van der Waals surface area contributed by atoms with Crippen molar-refractivity contribution in [3.05, 3.63) is 42.1 Å². The van der Waals surface area contributed by atoms with E-state index in [1.807, 2.05) is 26.0 Å². The van der Waals surface area contributed by atoms with Crippen molar-refractivity contribution in [2.24, 2.45) is 0 Å². The second-order valence-electron chi connectivity index (χ2n) is 4.73. The Morgan fingerprint density at radius 2 is 2.09 bits per heavy atom. The zero-order valence-electron chi connectivity index (χ0n) is 12.3. The van der Waals surface area contributed by atoms with Crippen LogP contribution in [0.25, 0.3) is 23.0 Å². The summed E-state index contributed by atoms with van der Waals surface area (Å²) in [4.78, 5) is 8.54. The first kappa shape index (κ1) is 14.1. The highest BCUT2D eigenvalue weighted by molar-refractivity contribution is 5.68. The summed E-state index contributed by atoms with van der Waals surface area (Å²) in [6.07, 6.45) is 1.73. The van der Waals surface area contributed by atoms with Crippen molar-refractivity contribution < 1.29 is 14.4 Å². The SMILES string of the molecule is CCOc1cccc(-c2nc(-c3ccc(C)cn3)no2)c1O. The van der Waals surface area contributed by atoms with E-state index in [1.54, 1.807) is 24.4 Å². The summed E-state index contributed by atoms with van der Waals surface area (Å²) in [6.45, 7) is 4.26. The third-order valence-electron chi connectivity index (χ3n) is 3.10. The molecule has 0 unspecified atom stereocenters. The fourth-order valence-electron chi connectivity index (χ4n) is 2.00. The molecule has 3 rings (SSSR count). The lowest BCUT2D eigenvalue weighted by Crippen LogP contribution is -1.92. The van der Waals surface area contributed by atoms with Crippen LogP contribution in [0.2, 0.25) is 0 Å². The van der Waals surface area contributed by atoms with Crippen LogP contribution in [0.1, 0.15) is 12.5 Å². The number of aromatic nitrogens is 3. The monoisotopic (exact) mass is 297 g/mol. The van der Waals surface area contributed by atoms with Gasteiger partial charge in [0, 0.05) is 6.20 Å². The number of aromatic hydroxyl groups is 1. The van der Waals surface area contributed by atoms with Gasteiger partial charge >= 0.3 is 0 Å². The van der Waals surface area contributed by atoms with Crippen molar-refractivity contribution in [1.82, 2.24) is 15.1 Å². The molecule has 3 aromatic rings. The molecule has 2 aromatic heterocycles. The van der Waals surface area contributed by atoms with Crippen molar-refractivity contribution in [2.45, 2.75) is 13.8 Å². The molecular weight excluding hydrogens is 282 g/mol. The summed E-state index contributed by atoms with van der Waals surface area (Å²) in [7, 11) is 0. The zero-order chi connectivity index (χ0) is 15.5. The molecule has 22 heavy (non-hydrogen) atoms. The maximum atomic E-state index is 10.2. The lowest BCUT2D eigenvalue weighted by molar-refractivity contribution is 0.318. The molecule has 0 saturated heterocycles. The smallest absolute Gasteiger partial charge is 0.262 e. The molecule has 0 radical (unpaired) electrons. The van der Waals surface area contributed by atoms with Gasteiger partial charge in [-0.25, -0.2) is 0 Å². The van der Waals surface area contributed by atoms with Gasteiger partial charge in [0.15, 0.2) is 11.5 Å². The molecule has 6 heteroatoms. The quantitative estimate of drug-likeness (QED) is 0.796. The van der Waals surface area contributed by atoms with Gasteiger partial charge in [-0.15, -0.1) is 0 Å². The van der Waals surface area contributed by atoms with E-state index in [4.69, 9.17) is 9.26 Å². The van der Waals surface area contributed by atoms with E-state index in [1.165, 1.54) is 0 Å². The van der Waals surface area contributed by atoms with Gasteiger partial charge < -0.3 is 14.4 Å². The van der Waals surface area contributed by atoms with Crippen LogP contribution in [-0.2, 0) is 0 Å². The fraction of sp³-hybridized carbons (Fsp3) is 0.188. The molecule has 0 bridgehead atoms. The fourth-order valence-corrected chi connectivity index (χ4v) is 2.00.